The second kappa shape index (κ2) is 10.1. The summed E-state index contributed by atoms with van der Waals surface area (Å²) in [4.78, 5) is 17.4. The number of amidine groups is 1. The smallest absolute Gasteiger partial charge is 0.265 e. The van der Waals surface area contributed by atoms with Gasteiger partial charge in [-0.3, -0.25) is 4.79 Å². The predicted molar refractivity (Wildman–Crippen MR) is 118 cm³/mol. The van der Waals surface area contributed by atoms with Gasteiger partial charge in [-0.1, -0.05) is 24.1 Å². The van der Waals surface area contributed by atoms with Gasteiger partial charge in [0.05, 0.1) is 4.90 Å². The zero-order valence-corrected chi connectivity index (χ0v) is 18.5. The second-order valence-electron chi connectivity index (χ2n) is 7.11. The van der Waals surface area contributed by atoms with Crippen LogP contribution in [0.2, 0.25) is 0 Å². The number of amides is 1. The largest absolute Gasteiger partial charge is 0.384 e. The summed E-state index contributed by atoms with van der Waals surface area (Å²) in [6.45, 7) is 2.46. The minimum absolute atomic E-state index is 0.185. The number of rotatable bonds is 7. The molecule has 0 unspecified atom stereocenters. The van der Waals surface area contributed by atoms with E-state index in [-0.39, 0.29) is 17.3 Å². The number of nitrogens with one attached hydrogen (secondary N) is 1. The van der Waals surface area contributed by atoms with E-state index < -0.39 is 15.9 Å². The average molecular weight is 451 g/mol. The Hall–Kier alpha value is -2.43. The molecule has 0 bridgehead atoms. The Morgan fingerprint density at radius 1 is 1.23 bits per heavy atom. The Labute approximate surface area is 180 Å². The van der Waals surface area contributed by atoms with Crippen LogP contribution in [0, 0.1) is 6.92 Å². The monoisotopic (exact) mass is 450 g/mol. The number of carbonyl (C=O) groups excluding carboxylic acids is 1. The highest BCUT2D eigenvalue weighted by Gasteiger charge is 2.27. The van der Waals surface area contributed by atoms with Crippen LogP contribution in [0.15, 0.2) is 45.1 Å². The number of benzene rings is 1. The summed E-state index contributed by atoms with van der Waals surface area (Å²) in [5.41, 5.74) is 7.52. The number of nitrogens with zero attached hydrogens (tertiary/aromatic N) is 2. The van der Waals surface area contributed by atoms with Crippen molar-refractivity contribution < 1.29 is 18.0 Å². The molecule has 3 N–H and O–H groups in total. The van der Waals surface area contributed by atoms with Crippen molar-refractivity contribution in [1.82, 2.24) is 4.31 Å². The molecule has 0 saturated carbocycles. The molecular weight excluding hydrogens is 424 g/mol. The second-order valence-corrected chi connectivity index (χ2v) is 9.80. The molecule has 0 aliphatic carbocycles. The number of hydrogen-bond acceptors (Lipinski definition) is 6. The summed E-state index contributed by atoms with van der Waals surface area (Å²) in [5.74, 6) is -0.274. The molecule has 2 aromatic rings. The normalized spacial score (nSPS) is 16.1. The van der Waals surface area contributed by atoms with Gasteiger partial charge in [-0.15, -0.1) is 0 Å². The van der Waals surface area contributed by atoms with Crippen molar-refractivity contribution in [2.24, 2.45) is 10.9 Å². The Bertz CT molecular complexity index is 996. The van der Waals surface area contributed by atoms with Gasteiger partial charge in [0.2, 0.25) is 10.0 Å². The number of carbonyl (C=O) groups is 1. The summed E-state index contributed by atoms with van der Waals surface area (Å²) in [5, 5.41) is 10.1. The molecule has 0 atom stereocenters. The minimum Gasteiger partial charge on any atom is -0.384 e. The van der Waals surface area contributed by atoms with Gasteiger partial charge >= 0.3 is 0 Å². The fourth-order valence-corrected chi connectivity index (χ4v) is 5.61. The summed E-state index contributed by atoms with van der Waals surface area (Å²) >= 11 is 1.48. The maximum absolute atomic E-state index is 13.1. The van der Waals surface area contributed by atoms with Crippen molar-refractivity contribution in [1.29, 1.82) is 0 Å². The standard InChI is InChI=1S/C20H26N4O4S2/c1-15-6-7-17(12-18(15)30(26,27)24-9-4-2-3-5-10-24)22-19(25)13-28-23-20(21)16-8-11-29-14-16/h6-8,11-12,14H,2-5,9-10,13H2,1H3,(H2,21,23)(H,22,25). The first-order chi connectivity index (χ1) is 14.4. The third-order valence-corrected chi connectivity index (χ3v) is 7.55. The van der Waals surface area contributed by atoms with Crippen molar-refractivity contribution in [3.8, 4) is 0 Å². The number of thiophene rings is 1. The summed E-state index contributed by atoms with van der Waals surface area (Å²) in [6.07, 6.45) is 3.81. The van der Waals surface area contributed by atoms with Crippen LogP contribution < -0.4 is 11.1 Å². The molecular formula is C20H26N4O4S2. The van der Waals surface area contributed by atoms with Crippen LogP contribution in [-0.4, -0.2) is 44.2 Å². The van der Waals surface area contributed by atoms with Crippen molar-refractivity contribution in [2.75, 3.05) is 25.0 Å². The van der Waals surface area contributed by atoms with Crippen molar-refractivity contribution in [3.05, 3.63) is 46.2 Å². The molecule has 2 heterocycles. The lowest BCUT2D eigenvalue weighted by atomic mass is 10.2. The Balaban J connectivity index is 1.65. The molecule has 1 saturated heterocycles. The molecule has 0 spiro atoms. The van der Waals surface area contributed by atoms with Gasteiger partial charge in [0.25, 0.3) is 5.91 Å². The van der Waals surface area contributed by atoms with Crippen molar-refractivity contribution >= 4 is 38.8 Å². The Morgan fingerprint density at radius 2 is 1.97 bits per heavy atom. The van der Waals surface area contributed by atoms with Gasteiger partial charge in [-0.05, 0) is 48.9 Å². The van der Waals surface area contributed by atoms with Gasteiger partial charge in [0.1, 0.15) is 0 Å². The van der Waals surface area contributed by atoms with Gasteiger partial charge in [0.15, 0.2) is 12.4 Å². The third kappa shape index (κ3) is 5.59. The first kappa shape index (κ1) is 22.3. The number of nitrogens with two attached hydrogens (primary N) is 1. The fourth-order valence-electron chi connectivity index (χ4n) is 3.20. The predicted octanol–water partition coefficient (Wildman–Crippen LogP) is 2.90. The molecule has 1 aliphatic heterocycles. The first-order valence-electron chi connectivity index (χ1n) is 9.76. The first-order valence-corrected chi connectivity index (χ1v) is 12.1. The summed E-state index contributed by atoms with van der Waals surface area (Å²) < 4.78 is 27.8. The van der Waals surface area contributed by atoms with Gasteiger partial charge in [-0.25, -0.2) is 8.42 Å². The summed E-state index contributed by atoms with van der Waals surface area (Å²) in [6, 6.07) is 6.65. The van der Waals surface area contributed by atoms with E-state index in [1.807, 2.05) is 10.8 Å². The van der Waals surface area contributed by atoms with Crippen LogP contribution in [0.1, 0.15) is 36.8 Å². The average Bonchev–Trinajstić information content (AvgIpc) is 3.11. The maximum Gasteiger partial charge on any atom is 0.265 e. The van der Waals surface area contributed by atoms with Gasteiger partial charge in [0, 0.05) is 29.7 Å². The van der Waals surface area contributed by atoms with Crippen LogP contribution in [-0.2, 0) is 19.7 Å². The highest BCUT2D eigenvalue weighted by molar-refractivity contribution is 7.89. The lowest BCUT2D eigenvalue weighted by molar-refractivity contribution is -0.120. The third-order valence-electron chi connectivity index (χ3n) is 4.83. The minimum atomic E-state index is -3.61. The molecule has 1 aliphatic rings. The number of anilines is 1. The van der Waals surface area contributed by atoms with Crippen LogP contribution in [0.3, 0.4) is 0 Å². The molecule has 1 fully saturated rings. The molecule has 8 nitrogen and oxygen atoms in total. The lowest BCUT2D eigenvalue weighted by Crippen LogP contribution is -2.32. The number of oxime groups is 1. The molecule has 30 heavy (non-hydrogen) atoms. The zero-order chi connectivity index (χ0) is 21.6. The number of hydrogen-bond donors (Lipinski definition) is 2. The van der Waals surface area contributed by atoms with Crippen LogP contribution in [0.25, 0.3) is 0 Å². The SMILES string of the molecule is Cc1ccc(NC(=O)CO/N=C(/N)c2ccsc2)cc1S(=O)(=O)N1CCCCCC1. The topological polar surface area (TPSA) is 114 Å². The lowest BCUT2D eigenvalue weighted by Gasteiger charge is -2.21. The van der Waals surface area contributed by atoms with E-state index in [0.717, 1.165) is 31.2 Å². The van der Waals surface area contributed by atoms with Crippen molar-refractivity contribution in [3.63, 3.8) is 0 Å². The highest BCUT2D eigenvalue weighted by atomic mass is 32.2. The van der Waals surface area contributed by atoms with Gasteiger partial charge in [-0.2, -0.15) is 15.6 Å². The van der Waals surface area contributed by atoms with Crippen LogP contribution >= 0.6 is 11.3 Å². The zero-order valence-electron chi connectivity index (χ0n) is 16.8. The molecule has 3 rings (SSSR count). The fraction of sp³-hybridized carbons (Fsp3) is 0.400. The molecule has 162 valence electrons. The van der Waals surface area contributed by atoms with Crippen LogP contribution in [0.4, 0.5) is 5.69 Å². The van der Waals surface area contributed by atoms with E-state index >= 15 is 0 Å². The highest BCUT2D eigenvalue weighted by Crippen LogP contribution is 2.25. The number of sulfonamides is 1. The molecule has 10 heteroatoms. The Morgan fingerprint density at radius 3 is 2.63 bits per heavy atom. The molecule has 1 aromatic carbocycles. The quantitative estimate of drug-likeness (QED) is 0.382. The van der Waals surface area contributed by atoms with E-state index in [1.165, 1.54) is 17.4 Å². The van der Waals surface area contributed by atoms with Gasteiger partial charge < -0.3 is 15.9 Å². The van der Waals surface area contributed by atoms with E-state index in [2.05, 4.69) is 10.5 Å². The molecule has 1 aromatic heterocycles. The van der Waals surface area contributed by atoms with Crippen LogP contribution in [0.5, 0.6) is 0 Å². The number of aryl methyl sites for hydroxylation is 1. The van der Waals surface area contributed by atoms with E-state index in [0.29, 0.717) is 24.3 Å². The summed E-state index contributed by atoms with van der Waals surface area (Å²) in [7, 11) is -3.61. The molecule has 1 amide bonds. The van der Waals surface area contributed by atoms with Crippen molar-refractivity contribution in [2.45, 2.75) is 37.5 Å². The molecule has 0 radical (unpaired) electrons. The maximum atomic E-state index is 13.1. The Kier molecular flexibility index (Phi) is 7.46. The van der Waals surface area contributed by atoms with E-state index in [4.69, 9.17) is 10.6 Å². The van der Waals surface area contributed by atoms with E-state index in [9.17, 15) is 13.2 Å². The van der Waals surface area contributed by atoms with E-state index in [1.54, 1.807) is 29.4 Å².